The van der Waals surface area contributed by atoms with E-state index in [-0.39, 0.29) is 10.7 Å². The average molecular weight is 263 g/mol. The summed E-state index contributed by atoms with van der Waals surface area (Å²) in [6.45, 7) is 0. The maximum Gasteiger partial charge on any atom is 0.186 e. The first kappa shape index (κ1) is 10.4. The van der Waals surface area contributed by atoms with Gasteiger partial charge in [0.1, 0.15) is 5.84 Å². The molecule has 0 fully saturated rings. The average Bonchev–Trinajstić information content (AvgIpc) is 2.03. The molecule has 0 aliphatic rings. The van der Waals surface area contributed by atoms with Crippen molar-refractivity contribution in [3.8, 4) is 0 Å². The minimum atomic E-state index is -2.00. The van der Waals surface area contributed by atoms with E-state index >= 15 is 0 Å². The van der Waals surface area contributed by atoms with Crippen LogP contribution in [0.15, 0.2) is 27.6 Å². The fraction of sp³-hybridized carbons (Fsp3) is 0. The molecule has 0 radical (unpaired) electrons. The minimum absolute atomic E-state index is 0.0813. The first-order chi connectivity index (χ1) is 6.02. The van der Waals surface area contributed by atoms with Crippen LogP contribution in [0.25, 0.3) is 0 Å². The number of hydrogen-bond donors (Lipinski definition) is 3. The molecule has 4 nitrogen and oxygen atoms in total. The lowest BCUT2D eigenvalue weighted by Crippen LogP contribution is -2.11. The molecule has 0 spiro atoms. The molecule has 13 heavy (non-hydrogen) atoms. The Kier molecular flexibility index (Phi) is 3.18. The molecular formula is C7H7BrN2O2S. The lowest BCUT2D eigenvalue weighted by Gasteiger charge is -2.02. The summed E-state index contributed by atoms with van der Waals surface area (Å²) in [6, 6.07) is 4.44. The summed E-state index contributed by atoms with van der Waals surface area (Å²) in [5.41, 5.74) is 5.76. The summed E-state index contributed by atoms with van der Waals surface area (Å²) < 4.78 is 19.9. The van der Waals surface area contributed by atoms with Gasteiger partial charge in [-0.1, -0.05) is 0 Å². The highest BCUT2D eigenvalue weighted by molar-refractivity contribution is 9.10. The van der Waals surface area contributed by atoms with Crippen molar-refractivity contribution in [3.63, 3.8) is 0 Å². The molecule has 1 rings (SSSR count). The second kappa shape index (κ2) is 3.99. The number of nitrogen functional groups attached to an aromatic ring is 1. The molecule has 0 heterocycles. The Labute approximate surface area is 86.1 Å². The second-order valence-electron chi connectivity index (χ2n) is 2.30. The molecule has 70 valence electrons. The Morgan fingerprint density at radius 3 is 2.62 bits per heavy atom. The van der Waals surface area contributed by atoms with E-state index in [1.54, 1.807) is 0 Å². The smallest absolute Gasteiger partial charge is 0.186 e. The SMILES string of the molecule is N=C(N)c1ccc(S(=O)O)cc1Br. The summed E-state index contributed by atoms with van der Waals surface area (Å²) >= 11 is 1.15. The Morgan fingerprint density at radius 2 is 2.23 bits per heavy atom. The standard InChI is InChI=1S/C7H7BrN2O2S/c8-6-3-4(13(11)12)1-2-5(6)7(9)10/h1-3H,(H3,9,10)(H,11,12). The van der Waals surface area contributed by atoms with E-state index in [0.29, 0.717) is 10.0 Å². The summed E-state index contributed by atoms with van der Waals surface area (Å²) in [6.07, 6.45) is 0. The first-order valence-electron chi connectivity index (χ1n) is 3.27. The maximum absolute atomic E-state index is 10.6. The zero-order valence-corrected chi connectivity index (χ0v) is 8.85. The van der Waals surface area contributed by atoms with Gasteiger partial charge in [0.2, 0.25) is 0 Å². The molecule has 0 aliphatic carbocycles. The lowest BCUT2D eigenvalue weighted by molar-refractivity contribution is 0.564. The van der Waals surface area contributed by atoms with Crippen LogP contribution in [-0.2, 0) is 11.1 Å². The van der Waals surface area contributed by atoms with E-state index in [4.69, 9.17) is 15.7 Å². The molecule has 1 aromatic rings. The van der Waals surface area contributed by atoms with Gasteiger partial charge in [0.15, 0.2) is 11.1 Å². The zero-order chi connectivity index (χ0) is 10.0. The third-order valence-corrected chi connectivity index (χ3v) is 2.75. The molecule has 0 aromatic heterocycles. The Morgan fingerprint density at radius 1 is 1.62 bits per heavy atom. The van der Waals surface area contributed by atoms with Gasteiger partial charge >= 0.3 is 0 Å². The van der Waals surface area contributed by atoms with Crippen LogP contribution in [0.3, 0.4) is 0 Å². The van der Waals surface area contributed by atoms with Crippen LogP contribution in [0.2, 0.25) is 0 Å². The van der Waals surface area contributed by atoms with Crippen molar-refractivity contribution < 1.29 is 8.76 Å². The molecule has 0 saturated carbocycles. The summed E-state index contributed by atoms with van der Waals surface area (Å²) in [5.74, 6) is -0.0813. The molecular weight excluding hydrogens is 256 g/mol. The summed E-state index contributed by atoms with van der Waals surface area (Å²) in [5, 5.41) is 7.16. The highest BCUT2D eigenvalue weighted by atomic mass is 79.9. The van der Waals surface area contributed by atoms with E-state index in [2.05, 4.69) is 15.9 Å². The van der Waals surface area contributed by atoms with E-state index in [9.17, 15) is 4.21 Å². The molecule has 0 bridgehead atoms. The quantitative estimate of drug-likeness (QED) is 0.427. The molecule has 0 saturated heterocycles. The van der Waals surface area contributed by atoms with Crippen molar-refractivity contribution >= 4 is 32.8 Å². The topological polar surface area (TPSA) is 87.2 Å². The van der Waals surface area contributed by atoms with Crippen molar-refractivity contribution in [2.75, 3.05) is 0 Å². The van der Waals surface area contributed by atoms with Crippen LogP contribution in [0.4, 0.5) is 0 Å². The predicted octanol–water partition coefficient (Wildman–Crippen LogP) is 1.31. The lowest BCUT2D eigenvalue weighted by atomic mass is 10.2. The van der Waals surface area contributed by atoms with Crippen molar-refractivity contribution in [2.45, 2.75) is 4.90 Å². The van der Waals surface area contributed by atoms with E-state index in [1.807, 2.05) is 0 Å². The van der Waals surface area contributed by atoms with Gasteiger partial charge in [0.05, 0.1) is 4.90 Å². The fourth-order valence-electron chi connectivity index (χ4n) is 0.823. The normalized spacial score (nSPS) is 12.5. The van der Waals surface area contributed by atoms with Crippen LogP contribution >= 0.6 is 15.9 Å². The van der Waals surface area contributed by atoms with Gasteiger partial charge in [0, 0.05) is 10.0 Å². The third-order valence-electron chi connectivity index (χ3n) is 1.43. The van der Waals surface area contributed by atoms with Gasteiger partial charge in [0.25, 0.3) is 0 Å². The Hall–Kier alpha value is -0.720. The van der Waals surface area contributed by atoms with Gasteiger partial charge in [-0.3, -0.25) is 5.41 Å². The molecule has 1 aromatic carbocycles. The summed E-state index contributed by atoms with van der Waals surface area (Å²) in [7, 11) is 0. The largest absolute Gasteiger partial charge is 0.384 e. The monoisotopic (exact) mass is 262 g/mol. The molecule has 0 aliphatic heterocycles. The maximum atomic E-state index is 10.6. The number of hydrogen-bond acceptors (Lipinski definition) is 2. The molecule has 6 heteroatoms. The third kappa shape index (κ3) is 2.36. The van der Waals surface area contributed by atoms with E-state index < -0.39 is 11.1 Å². The van der Waals surface area contributed by atoms with E-state index in [1.165, 1.54) is 18.2 Å². The number of nitrogens with two attached hydrogens (primary N) is 1. The molecule has 0 amide bonds. The summed E-state index contributed by atoms with van der Waals surface area (Å²) in [4.78, 5) is 0.275. The predicted molar refractivity (Wildman–Crippen MR) is 54.2 cm³/mol. The Bertz CT molecular complexity index is 381. The van der Waals surface area contributed by atoms with Crippen LogP contribution in [0.5, 0.6) is 0 Å². The van der Waals surface area contributed by atoms with Crippen molar-refractivity contribution in [2.24, 2.45) is 5.73 Å². The van der Waals surface area contributed by atoms with Crippen molar-refractivity contribution in [1.29, 1.82) is 5.41 Å². The highest BCUT2D eigenvalue weighted by Gasteiger charge is 2.06. The van der Waals surface area contributed by atoms with Gasteiger partial charge in [-0.15, -0.1) is 0 Å². The van der Waals surface area contributed by atoms with Gasteiger partial charge < -0.3 is 10.3 Å². The highest BCUT2D eigenvalue weighted by Crippen LogP contribution is 2.19. The van der Waals surface area contributed by atoms with Gasteiger partial charge in [-0.05, 0) is 34.1 Å². The van der Waals surface area contributed by atoms with Crippen molar-refractivity contribution in [3.05, 3.63) is 28.2 Å². The number of rotatable bonds is 2. The minimum Gasteiger partial charge on any atom is -0.384 e. The van der Waals surface area contributed by atoms with Gasteiger partial charge in [-0.2, -0.15) is 0 Å². The van der Waals surface area contributed by atoms with Crippen LogP contribution in [-0.4, -0.2) is 14.6 Å². The number of benzene rings is 1. The second-order valence-corrected chi connectivity index (χ2v) is 4.13. The molecule has 4 N–H and O–H groups in total. The number of halogens is 1. The van der Waals surface area contributed by atoms with Crippen LogP contribution in [0.1, 0.15) is 5.56 Å². The van der Waals surface area contributed by atoms with Crippen LogP contribution < -0.4 is 5.73 Å². The first-order valence-corrected chi connectivity index (χ1v) is 5.17. The Balaban J connectivity index is 3.20. The van der Waals surface area contributed by atoms with Gasteiger partial charge in [-0.25, -0.2) is 4.21 Å². The fourth-order valence-corrected chi connectivity index (χ4v) is 1.97. The van der Waals surface area contributed by atoms with Crippen molar-refractivity contribution in [1.82, 2.24) is 0 Å². The molecule has 1 atom stereocenters. The van der Waals surface area contributed by atoms with E-state index in [0.717, 1.165) is 0 Å². The zero-order valence-electron chi connectivity index (χ0n) is 6.45. The molecule has 1 unspecified atom stereocenters. The number of amidine groups is 1. The van der Waals surface area contributed by atoms with Crippen LogP contribution in [0, 0.1) is 5.41 Å². The number of nitrogens with one attached hydrogen (secondary N) is 1.